The number of anilines is 1. The number of benzene rings is 1. The number of ether oxygens (including phenoxy) is 1. The maximum atomic E-state index is 12.5. The lowest BCUT2D eigenvalue weighted by molar-refractivity contribution is -0.131. The number of carbonyl (C=O) groups is 3. The standard InChI is InChI=1S/C25H26BrClN6O4/c26-21-22(30-23(35)18-3-1-2-4-19(18)27)31-32-24(21)37-25(36)29-12-7-16-8-13-33(14-9-16)20(34)15-17-5-10-28-11-6-17/h1-6,10-11,16H,7-9,12-15H2,(H,29,36)(H2,30,31,32,35). The molecule has 1 aromatic carbocycles. The van der Waals surface area contributed by atoms with E-state index in [9.17, 15) is 14.4 Å². The molecule has 1 aliphatic rings. The van der Waals surface area contributed by atoms with E-state index < -0.39 is 12.0 Å². The molecule has 2 aromatic heterocycles. The Labute approximate surface area is 227 Å². The first-order valence-corrected chi connectivity index (χ1v) is 13.0. The second kappa shape index (κ2) is 12.7. The number of likely N-dealkylation sites (tertiary alicyclic amines) is 1. The van der Waals surface area contributed by atoms with Gasteiger partial charge in [-0.15, -0.1) is 5.10 Å². The zero-order valence-electron chi connectivity index (χ0n) is 19.9. The molecular formula is C25H26BrClN6O4. The maximum Gasteiger partial charge on any atom is 0.414 e. The van der Waals surface area contributed by atoms with Crippen molar-refractivity contribution in [3.8, 4) is 5.88 Å². The largest absolute Gasteiger partial charge is 0.414 e. The number of nitrogens with one attached hydrogen (secondary N) is 3. The minimum Gasteiger partial charge on any atom is -0.388 e. The summed E-state index contributed by atoms with van der Waals surface area (Å²) in [6.07, 6.45) is 5.67. The second-order valence-electron chi connectivity index (χ2n) is 8.61. The summed E-state index contributed by atoms with van der Waals surface area (Å²) in [6, 6.07) is 10.4. The lowest BCUT2D eigenvalue weighted by Gasteiger charge is -2.32. The van der Waals surface area contributed by atoms with Gasteiger partial charge in [-0.3, -0.25) is 19.7 Å². The van der Waals surface area contributed by atoms with E-state index in [2.05, 4.69) is 41.7 Å². The van der Waals surface area contributed by atoms with Gasteiger partial charge in [0.1, 0.15) is 10.3 Å². The quantitative estimate of drug-likeness (QED) is 0.356. The first-order chi connectivity index (χ1) is 17.9. The third-order valence-corrected chi connectivity index (χ3v) is 7.18. The average molecular weight is 590 g/mol. The van der Waals surface area contributed by atoms with E-state index in [1.165, 1.54) is 0 Å². The van der Waals surface area contributed by atoms with Crippen LogP contribution in [0.5, 0.6) is 5.88 Å². The van der Waals surface area contributed by atoms with Crippen LogP contribution in [0.3, 0.4) is 0 Å². The van der Waals surface area contributed by atoms with Crippen LogP contribution in [0.25, 0.3) is 0 Å². The molecule has 3 aromatic rings. The van der Waals surface area contributed by atoms with Crippen LogP contribution in [-0.2, 0) is 11.2 Å². The zero-order valence-corrected chi connectivity index (χ0v) is 22.2. The number of pyridine rings is 1. The van der Waals surface area contributed by atoms with Crippen LogP contribution in [0.4, 0.5) is 10.6 Å². The summed E-state index contributed by atoms with van der Waals surface area (Å²) in [5.41, 5.74) is 1.26. The molecule has 10 nitrogen and oxygen atoms in total. The van der Waals surface area contributed by atoms with Gasteiger partial charge in [0.2, 0.25) is 5.91 Å². The Bertz CT molecular complexity index is 1250. The molecule has 3 amide bonds. The van der Waals surface area contributed by atoms with Gasteiger partial charge in [0.25, 0.3) is 11.8 Å². The monoisotopic (exact) mass is 588 g/mol. The van der Waals surface area contributed by atoms with E-state index in [1.807, 2.05) is 17.0 Å². The minimum atomic E-state index is -0.652. The smallest absolute Gasteiger partial charge is 0.388 e. The number of halogens is 2. The Morgan fingerprint density at radius 1 is 1.14 bits per heavy atom. The van der Waals surface area contributed by atoms with Crippen molar-refractivity contribution in [1.82, 2.24) is 25.4 Å². The summed E-state index contributed by atoms with van der Waals surface area (Å²) in [5, 5.41) is 12.2. The zero-order chi connectivity index (χ0) is 26.2. The van der Waals surface area contributed by atoms with E-state index in [1.54, 1.807) is 36.7 Å². The van der Waals surface area contributed by atoms with Crippen molar-refractivity contribution < 1.29 is 19.1 Å². The number of rotatable bonds is 8. The Balaban J connectivity index is 1.17. The third kappa shape index (κ3) is 7.30. The van der Waals surface area contributed by atoms with Crippen LogP contribution in [0.1, 0.15) is 35.2 Å². The summed E-state index contributed by atoms with van der Waals surface area (Å²) in [7, 11) is 0. The number of piperidine rings is 1. The van der Waals surface area contributed by atoms with Crippen molar-refractivity contribution >= 4 is 51.3 Å². The normalized spacial score (nSPS) is 13.7. The Hall–Kier alpha value is -3.44. The fourth-order valence-electron chi connectivity index (χ4n) is 4.05. The van der Waals surface area contributed by atoms with Crippen molar-refractivity contribution in [3.05, 3.63) is 69.4 Å². The SMILES string of the molecule is O=C(NCCC1CCN(C(=O)Cc2ccncc2)CC1)Oc1n[nH]c(NC(=O)c2ccccc2Cl)c1Br. The molecule has 0 aliphatic carbocycles. The average Bonchev–Trinajstić information content (AvgIpc) is 3.23. The maximum absolute atomic E-state index is 12.5. The molecule has 0 spiro atoms. The molecule has 37 heavy (non-hydrogen) atoms. The molecule has 0 saturated carbocycles. The van der Waals surface area contributed by atoms with Crippen molar-refractivity contribution in [1.29, 1.82) is 0 Å². The first-order valence-electron chi connectivity index (χ1n) is 11.8. The molecule has 194 valence electrons. The highest BCUT2D eigenvalue weighted by Crippen LogP contribution is 2.30. The molecule has 0 bridgehead atoms. The summed E-state index contributed by atoms with van der Waals surface area (Å²) in [4.78, 5) is 43.1. The number of H-pyrrole nitrogens is 1. The van der Waals surface area contributed by atoms with Crippen LogP contribution in [-0.4, -0.2) is 57.6 Å². The lowest BCUT2D eigenvalue weighted by atomic mass is 9.93. The molecule has 0 atom stereocenters. The van der Waals surface area contributed by atoms with E-state index in [0.717, 1.165) is 24.8 Å². The summed E-state index contributed by atoms with van der Waals surface area (Å²) in [6.45, 7) is 1.86. The van der Waals surface area contributed by atoms with E-state index in [0.29, 0.717) is 47.0 Å². The topological polar surface area (TPSA) is 129 Å². The molecule has 0 unspecified atom stereocenters. The van der Waals surface area contributed by atoms with Crippen molar-refractivity contribution in [2.45, 2.75) is 25.7 Å². The molecule has 3 heterocycles. The molecule has 1 saturated heterocycles. The van der Waals surface area contributed by atoms with E-state index in [-0.39, 0.29) is 17.6 Å². The summed E-state index contributed by atoms with van der Waals surface area (Å²) in [5.74, 6) is 0.328. The van der Waals surface area contributed by atoms with Crippen LogP contribution < -0.4 is 15.4 Å². The van der Waals surface area contributed by atoms with E-state index >= 15 is 0 Å². The fourth-order valence-corrected chi connectivity index (χ4v) is 4.63. The van der Waals surface area contributed by atoms with Crippen molar-refractivity contribution in [2.24, 2.45) is 5.92 Å². The molecule has 4 rings (SSSR count). The highest BCUT2D eigenvalue weighted by atomic mass is 79.9. The number of aromatic amines is 1. The Morgan fingerprint density at radius 3 is 2.59 bits per heavy atom. The molecule has 1 fully saturated rings. The molecular weight excluding hydrogens is 564 g/mol. The number of nitrogens with zero attached hydrogens (tertiary/aromatic N) is 3. The van der Waals surface area contributed by atoms with Gasteiger partial charge in [0.15, 0.2) is 0 Å². The summed E-state index contributed by atoms with van der Waals surface area (Å²) >= 11 is 9.35. The number of hydrogen-bond donors (Lipinski definition) is 3. The van der Waals surface area contributed by atoms with Crippen molar-refractivity contribution in [3.63, 3.8) is 0 Å². The Morgan fingerprint density at radius 2 is 1.86 bits per heavy atom. The van der Waals surface area contributed by atoms with E-state index in [4.69, 9.17) is 16.3 Å². The molecule has 1 aliphatic heterocycles. The van der Waals surface area contributed by atoms with Crippen LogP contribution in [0.15, 0.2) is 53.3 Å². The van der Waals surface area contributed by atoms with Gasteiger partial charge in [-0.25, -0.2) is 4.79 Å². The first kappa shape index (κ1) is 26.6. The van der Waals surface area contributed by atoms with Gasteiger partial charge in [-0.2, -0.15) is 0 Å². The van der Waals surface area contributed by atoms with Gasteiger partial charge in [-0.1, -0.05) is 23.7 Å². The highest BCUT2D eigenvalue weighted by molar-refractivity contribution is 9.10. The molecule has 3 N–H and O–H groups in total. The predicted octanol–water partition coefficient (Wildman–Crippen LogP) is 4.43. The second-order valence-corrected chi connectivity index (χ2v) is 9.81. The Kier molecular flexibility index (Phi) is 9.13. The van der Waals surface area contributed by atoms with Gasteiger partial charge in [0, 0.05) is 32.0 Å². The van der Waals surface area contributed by atoms with Gasteiger partial charge in [0.05, 0.1) is 17.0 Å². The van der Waals surface area contributed by atoms with Crippen LogP contribution in [0, 0.1) is 5.92 Å². The minimum absolute atomic E-state index is 0.00650. The van der Waals surface area contributed by atoms with Crippen LogP contribution >= 0.6 is 27.5 Å². The van der Waals surface area contributed by atoms with Crippen LogP contribution in [0.2, 0.25) is 5.02 Å². The number of aromatic nitrogens is 3. The summed E-state index contributed by atoms with van der Waals surface area (Å²) < 4.78 is 5.56. The molecule has 0 radical (unpaired) electrons. The number of amides is 3. The number of carbonyl (C=O) groups excluding carboxylic acids is 3. The highest BCUT2D eigenvalue weighted by Gasteiger charge is 2.23. The third-order valence-electron chi connectivity index (χ3n) is 6.12. The van der Waals surface area contributed by atoms with Gasteiger partial charge < -0.3 is 20.3 Å². The fraction of sp³-hybridized carbons (Fsp3) is 0.320. The van der Waals surface area contributed by atoms with Gasteiger partial charge in [-0.05, 0) is 70.9 Å². The van der Waals surface area contributed by atoms with Gasteiger partial charge >= 0.3 is 6.09 Å². The molecule has 12 heteroatoms. The lowest BCUT2D eigenvalue weighted by Crippen LogP contribution is -2.40. The predicted molar refractivity (Wildman–Crippen MR) is 142 cm³/mol. The number of hydrogen-bond acceptors (Lipinski definition) is 6. The van der Waals surface area contributed by atoms with Crippen molar-refractivity contribution in [2.75, 3.05) is 25.0 Å².